The molecule has 0 atom stereocenters. The van der Waals surface area contributed by atoms with Crippen LogP contribution in [0.25, 0.3) is 0 Å². The van der Waals surface area contributed by atoms with Crippen LogP contribution in [0.5, 0.6) is 0 Å². The lowest BCUT2D eigenvalue weighted by atomic mass is 10.0. The zero-order valence-corrected chi connectivity index (χ0v) is 15.6. The molecule has 0 unspecified atom stereocenters. The summed E-state index contributed by atoms with van der Waals surface area (Å²) in [5.74, 6) is -0.291. The van der Waals surface area contributed by atoms with Gasteiger partial charge >= 0.3 is 0 Å². The Morgan fingerprint density at radius 2 is 1.22 bits per heavy atom. The molecule has 0 aromatic carbocycles. The van der Waals surface area contributed by atoms with Crippen LogP contribution in [0.4, 0.5) is 0 Å². The van der Waals surface area contributed by atoms with Gasteiger partial charge in [0.05, 0.1) is 0 Å². The topological polar surface area (TPSA) is 40.5 Å². The minimum atomic E-state index is -0.291. The third kappa shape index (κ3) is 13.3. The highest BCUT2D eigenvalue weighted by atomic mass is 16.5. The number of hydrogen-bond donors (Lipinski definition) is 1. The molecular weight excluding hydrogens is 286 g/mol. The Labute approximate surface area is 144 Å². The van der Waals surface area contributed by atoms with E-state index in [0.29, 0.717) is 18.5 Å². The Bertz CT molecular complexity index is 302. The number of rotatable bonds is 16. The summed E-state index contributed by atoms with van der Waals surface area (Å²) in [7, 11) is 0. The Morgan fingerprint density at radius 1 is 0.783 bits per heavy atom. The second-order valence-corrected chi connectivity index (χ2v) is 6.67. The maximum Gasteiger partial charge on any atom is 0.272 e. The van der Waals surface area contributed by atoms with Gasteiger partial charge in [-0.15, -0.1) is 0 Å². The molecule has 3 heteroatoms. The molecule has 0 aromatic heterocycles. The lowest BCUT2D eigenvalue weighted by Gasteiger charge is -2.16. The summed E-state index contributed by atoms with van der Waals surface area (Å²) in [5, 5.41) is 10.6. The van der Waals surface area contributed by atoms with Crippen molar-refractivity contribution in [3.63, 3.8) is 0 Å². The first-order chi connectivity index (χ1) is 11.1. The smallest absolute Gasteiger partial charge is 0.272 e. The highest BCUT2D eigenvalue weighted by molar-refractivity contribution is 5.91. The maximum atomic E-state index is 11.9. The van der Waals surface area contributed by atoms with E-state index in [1.165, 1.54) is 44.9 Å². The van der Waals surface area contributed by atoms with E-state index in [1.54, 1.807) is 0 Å². The van der Waals surface area contributed by atoms with Crippen LogP contribution in [-0.4, -0.2) is 22.7 Å². The van der Waals surface area contributed by atoms with Crippen LogP contribution in [0.1, 0.15) is 104 Å². The van der Waals surface area contributed by atoms with Gasteiger partial charge in [0.25, 0.3) is 5.91 Å². The van der Waals surface area contributed by atoms with Crippen LogP contribution in [0.15, 0.2) is 12.2 Å². The molecule has 0 fully saturated rings. The Balaban J connectivity index is 3.55. The molecule has 0 spiro atoms. The molecule has 0 rings (SSSR count). The van der Waals surface area contributed by atoms with Crippen molar-refractivity contribution in [1.29, 1.82) is 0 Å². The van der Waals surface area contributed by atoms with Crippen molar-refractivity contribution < 1.29 is 10.0 Å². The monoisotopic (exact) mass is 325 g/mol. The van der Waals surface area contributed by atoms with Crippen LogP contribution in [0, 0.1) is 0 Å². The molecule has 136 valence electrons. The minimum Gasteiger partial charge on any atom is -0.286 e. The van der Waals surface area contributed by atoms with Crippen LogP contribution >= 0.6 is 0 Å². The van der Waals surface area contributed by atoms with E-state index < -0.39 is 0 Å². The first-order valence-electron chi connectivity index (χ1n) is 9.82. The SMILES string of the molecule is C=C(CCCCCCCCCCC)C(=O)N(O)CCCCCC. The Hall–Kier alpha value is -0.830. The summed E-state index contributed by atoms with van der Waals surface area (Å²) in [6.07, 6.45) is 16.4. The molecule has 0 radical (unpaired) electrons. The van der Waals surface area contributed by atoms with Gasteiger partial charge < -0.3 is 0 Å². The molecule has 1 N–H and O–H groups in total. The van der Waals surface area contributed by atoms with Gasteiger partial charge in [-0.25, -0.2) is 5.06 Å². The molecule has 3 nitrogen and oxygen atoms in total. The van der Waals surface area contributed by atoms with E-state index in [1.807, 2.05) is 0 Å². The number of amides is 1. The van der Waals surface area contributed by atoms with Gasteiger partial charge in [0.15, 0.2) is 0 Å². The molecule has 23 heavy (non-hydrogen) atoms. The molecule has 0 saturated carbocycles. The van der Waals surface area contributed by atoms with E-state index in [2.05, 4.69) is 20.4 Å². The summed E-state index contributed by atoms with van der Waals surface area (Å²) in [5.41, 5.74) is 0.547. The molecule has 1 amide bonds. The summed E-state index contributed by atoms with van der Waals surface area (Å²) in [6, 6.07) is 0. The van der Waals surface area contributed by atoms with Crippen LogP contribution in [0.3, 0.4) is 0 Å². The zero-order valence-electron chi connectivity index (χ0n) is 15.6. The van der Waals surface area contributed by atoms with Crippen molar-refractivity contribution in [2.24, 2.45) is 0 Å². The number of carbonyl (C=O) groups is 1. The van der Waals surface area contributed by atoms with Gasteiger partial charge in [0, 0.05) is 12.1 Å². The van der Waals surface area contributed by atoms with Crippen LogP contribution < -0.4 is 0 Å². The standard InChI is InChI=1S/C20H39NO2/c1-4-6-8-10-11-12-13-14-15-17-19(3)20(22)21(23)18-16-9-7-5-2/h23H,3-18H2,1-2H3. The Morgan fingerprint density at radius 3 is 1.74 bits per heavy atom. The average Bonchev–Trinajstić information content (AvgIpc) is 2.56. The number of hydrogen-bond acceptors (Lipinski definition) is 2. The summed E-state index contributed by atoms with van der Waals surface area (Å²) >= 11 is 0. The number of hydroxylamine groups is 2. The third-order valence-corrected chi connectivity index (χ3v) is 4.34. The summed E-state index contributed by atoms with van der Waals surface area (Å²) < 4.78 is 0. The molecule has 0 aromatic rings. The van der Waals surface area contributed by atoms with Crippen LogP contribution in [0.2, 0.25) is 0 Å². The van der Waals surface area contributed by atoms with E-state index in [0.717, 1.165) is 43.6 Å². The Kier molecular flexibility index (Phi) is 15.5. The average molecular weight is 326 g/mol. The van der Waals surface area contributed by atoms with Gasteiger partial charge in [-0.1, -0.05) is 91.1 Å². The van der Waals surface area contributed by atoms with E-state index in [4.69, 9.17) is 0 Å². The molecular formula is C20H39NO2. The first kappa shape index (κ1) is 22.2. The van der Waals surface area contributed by atoms with Gasteiger partial charge in [-0.05, 0) is 19.3 Å². The van der Waals surface area contributed by atoms with E-state index >= 15 is 0 Å². The normalized spacial score (nSPS) is 10.7. The minimum absolute atomic E-state index is 0.291. The molecule has 0 aliphatic carbocycles. The van der Waals surface area contributed by atoms with Gasteiger partial charge in [-0.2, -0.15) is 0 Å². The van der Waals surface area contributed by atoms with Crippen LogP contribution in [-0.2, 0) is 4.79 Å². The van der Waals surface area contributed by atoms with E-state index in [-0.39, 0.29) is 5.91 Å². The van der Waals surface area contributed by atoms with Crippen molar-refractivity contribution in [3.05, 3.63) is 12.2 Å². The predicted molar refractivity (Wildman–Crippen MR) is 98.6 cm³/mol. The van der Waals surface area contributed by atoms with Crippen molar-refractivity contribution in [2.75, 3.05) is 6.54 Å². The fraction of sp³-hybridized carbons (Fsp3) is 0.850. The first-order valence-corrected chi connectivity index (χ1v) is 9.82. The predicted octanol–water partition coefficient (Wildman–Crippen LogP) is 6.26. The lowest BCUT2D eigenvalue weighted by Crippen LogP contribution is -2.29. The van der Waals surface area contributed by atoms with Crippen molar-refractivity contribution in [3.8, 4) is 0 Å². The molecule has 0 saturated heterocycles. The lowest BCUT2D eigenvalue weighted by molar-refractivity contribution is -0.160. The molecule has 0 aliphatic rings. The second-order valence-electron chi connectivity index (χ2n) is 6.67. The number of nitrogens with zero attached hydrogens (tertiary/aromatic N) is 1. The van der Waals surface area contributed by atoms with Gasteiger partial charge in [0.2, 0.25) is 0 Å². The highest BCUT2D eigenvalue weighted by Crippen LogP contribution is 2.14. The highest BCUT2D eigenvalue weighted by Gasteiger charge is 2.13. The quantitative estimate of drug-likeness (QED) is 0.157. The van der Waals surface area contributed by atoms with Gasteiger partial charge in [0.1, 0.15) is 0 Å². The molecule has 0 heterocycles. The van der Waals surface area contributed by atoms with Gasteiger partial charge in [-0.3, -0.25) is 10.0 Å². The zero-order chi connectivity index (χ0) is 17.3. The maximum absolute atomic E-state index is 11.9. The summed E-state index contributed by atoms with van der Waals surface area (Å²) in [4.78, 5) is 11.9. The third-order valence-electron chi connectivity index (χ3n) is 4.34. The van der Waals surface area contributed by atoms with Crippen molar-refractivity contribution in [2.45, 2.75) is 104 Å². The number of carbonyl (C=O) groups excluding carboxylic acids is 1. The fourth-order valence-electron chi connectivity index (χ4n) is 2.73. The summed E-state index contributed by atoms with van der Waals surface area (Å²) in [6.45, 7) is 8.65. The van der Waals surface area contributed by atoms with E-state index in [9.17, 15) is 10.0 Å². The van der Waals surface area contributed by atoms with Crippen molar-refractivity contribution in [1.82, 2.24) is 5.06 Å². The van der Waals surface area contributed by atoms with Crippen molar-refractivity contribution >= 4 is 5.91 Å². The molecule has 0 aliphatic heterocycles. The second kappa shape index (κ2) is 16.0. The molecule has 0 bridgehead atoms. The number of unbranched alkanes of at least 4 members (excludes halogenated alkanes) is 11. The fourth-order valence-corrected chi connectivity index (χ4v) is 2.73. The largest absolute Gasteiger partial charge is 0.286 e.